The number of likely N-dealkylation sites (tertiary alicyclic amines) is 1. The molecule has 0 aromatic rings. The molecule has 5 nitrogen and oxygen atoms in total. The van der Waals surface area contributed by atoms with Gasteiger partial charge in [0.05, 0.1) is 12.1 Å². The van der Waals surface area contributed by atoms with E-state index in [9.17, 15) is 9.59 Å². The molecule has 1 aliphatic heterocycles. The Morgan fingerprint density at radius 1 is 1.20 bits per heavy atom. The maximum absolute atomic E-state index is 12.2. The number of nitrogens with zero attached hydrogens (tertiary/aromatic N) is 1. The number of carbonyl (C=O) groups is 2. The normalized spacial score (nSPS) is 23.6. The number of amides is 2. The zero-order valence-electron chi connectivity index (χ0n) is 12.5. The van der Waals surface area contributed by atoms with E-state index in [2.05, 4.69) is 12.2 Å². The molecule has 2 fully saturated rings. The molecule has 0 atom stereocenters. The summed E-state index contributed by atoms with van der Waals surface area (Å²) in [7, 11) is 0. The summed E-state index contributed by atoms with van der Waals surface area (Å²) in [6.45, 7) is 4.14. The summed E-state index contributed by atoms with van der Waals surface area (Å²) in [5.41, 5.74) is 4.90. The van der Waals surface area contributed by atoms with Gasteiger partial charge in [-0.1, -0.05) is 26.2 Å². The molecule has 2 aliphatic rings. The zero-order chi connectivity index (χ0) is 14.6. The Hall–Kier alpha value is -1.10. The number of hydrogen-bond donors (Lipinski definition) is 2. The van der Waals surface area contributed by atoms with E-state index in [0.29, 0.717) is 5.92 Å². The minimum absolute atomic E-state index is 0.100. The predicted octanol–water partition coefficient (Wildman–Crippen LogP) is 1.02. The number of nitrogens with one attached hydrogen (secondary N) is 1. The lowest BCUT2D eigenvalue weighted by atomic mass is 9.81. The Balaban J connectivity index is 1.86. The minimum atomic E-state index is -0.656. The van der Waals surface area contributed by atoms with Crippen molar-refractivity contribution in [1.82, 2.24) is 10.2 Å². The molecule has 0 aromatic heterocycles. The second-order valence-electron chi connectivity index (χ2n) is 6.42. The molecule has 1 heterocycles. The van der Waals surface area contributed by atoms with Crippen molar-refractivity contribution in [3.8, 4) is 0 Å². The molecule has 1 saturated carbocycles. The highest BCUT2D eigenvalue weighted by Gasteiger charge is 2.38. The predicted molar refractivity (Wildman–Crippen MR) is 78.0 cm³/mol. The number of hydrogen-bond acceptors (Lipinski definition) is 3. The molecule has 5 heteroatoms. The molecule has 1 aliphatic carbocycles. The summed E-state index contributed by atoms with van der Waals surface area (Å²) in [6, 6.07) is 0. The van der Waals surface area contributed by atoms with Crippen molar-refractivity contribution in [1.29, 1.82) is 0 Å². The van der Waals surface area contributed by atoms with E-state index in [1.807, 2.05) is 4.90 Å². The van der Waals surface area contributed by atoms with E-state index < -0.39 is 5.54 Å². The lowest BCUT2D eigenvalue weighted by molar-refractivity contribution is -0.133. The average Bonchev–Trinajstić information content (AvgIpc) is 2.46. The van der Waals surface area contributed by atoms with Crippen LogP contribution in [0, 0.1) is 5.92 Å². The van der Waals surface area contributed by atoms with Gasteiger partial charge < -0.3 is 10.6 Å². The standard InChI is InChI=1S/C15H27N3O2/c1-12-5-9-18(10-6-12)13(19)11-17-15(14(16)20)7-3-2-4-8-15/h12,17H,2-11H2,1H3,(H2,16,20). The highest BCUT2D eigenvalue weighted by atomic mass is 16.2. The number of primary amides is 1. The maximum atomic E-state index is 12.2. The minimum Gasteiger partial charge on any atom is -0.368 e. The number of piperidine rings is 1. The first-order valence-electron chi connectivity index (χ1n) is 7.86. The Morgan fingerprint density at radius 3 is 2.35 bits per heavy atom. The van der Waals surface area contributed by atoms with Crippen LogP contribution in [0.15, 0.2) is 0 Å². The van der Waals surface area contributed by atoms with Crippen molar-refractivity contribution in [3.63, 3.8) is 0 Å². The van der Waals surface area contributed by atoms with Crippen LogP contribution < -0.4 is 11.1 Å². The van der Waals surface area contributed by atoms with E-state index in [1.165, 1.54) is 0 Å². The molecule has 0 radical (unpaired) electrons. The van der Waals surface area contributed by atoms with Crippen LogP contribution in [0.1, 0.15) is 51.9 Å². The van der Waals surface area contributed by atoms with Crippen molar-refractivity contribution in [2.45, 2.75) is 57.4 Å². The van der Waals surface area contributed by atoms with Crippen LogP contribution in [-0.4, -0.2) is 41.9 Å². The molecule has 0 unspecified atom stereocenters. The van der Waals surface area contributed by atoms with Gasteiger partial charge in [0.25, 0.3) is 0 Å². The van der Waals surface area contributed by atoms with Crippen molar-refractivity contribution < 1.29 is 9.59 Å². The summed E-state index contributed by atoms with van der Waals surface area (Å²) in [5.74, 6) is 0.502. The zero-order valence-corrected chi connectivity index (χ0v) is 12.5. The third-order valence-corrected chi connectivity index (χ3v) is 4.89. The molecule has 0 aromatic carbocycles. The molecule has 2 amide bonds. The van der Waals surface area contributed by atoms with Crippen LogP contribution in [0.4, 0.5) is 0 Å². The molecule has 20 heavy (non-hydrogen) atoms. The van der Waals surface area contributed by atoms with E-state index in [-0.39, 0.29) is 18.4 Å². The Morgan fingerprint density at radius 2 is 1.80 bits per heavy atom. The molecule has 0 spiro atoms. The van der Waals surface area contributed by atoms with Crippen molar-refractivity contribution in [2.75, 3.05) is 19.6 Å². The maximum Gasteiger partial charge on any atom is 0.237 e. The fourth-order valence-electron chi connectivity index (χ4n) is 3.28. The molecular formula is C15H27N3O2. The number of carbonyl (C=O) groups excluding carboxylic acids is 2. The van der Waals surface area contributed by atoms with E-state index in [4.69, 9.17) is 5.73 Å². The smallest absolute Gasteiger partial charge is 0.237 e. The molecule has 0 bridgehead atoms. The quantitative estimate of drug-likeness (QED) is 0.808. The van der Waals surface area contributed by atoms with Gasteiger partial charge in [-0.3, -0.25) is 14.9 Å². The third kappa shape index (κ3) is 3.51. The summed E-state index contributed by atoms with van der Waals surface area (Å²) in [5, 5.41) is 3.18. The largest absolute Gasteiger partial charge is 0.368 e. The van der Waals surface area contributed by atoms with Crippen LogP contribution in [0.3, 0.4) is 0 Å². The van der Waals surface area contributed by atoms with Gasteiger partial charge in [0.1, 0.15) is 0 Å². The van der Waals surface area contributed by atoms with Gasteiger partial charge in [0, 0.05) is 13.1 Å². The Bertz CT molecular complexity index is 356. The summed E-state index contributed by atoms with van der Waals surface area (Å²) in [4.78, 5) is 25.9. The molecule has 3 N–H and O–H groups in total. The van der Waals surface area contributed by atoms with Gasteiger partial charge in [-0.05, 0) is 31.6 Å². The van der Waals surface area contributed by atoms with Gasteiger partial charge in [-0.25, -0.2) is 0 Å². The second kappa shape index (κ2) is 6.57. The summed E-state index contributed by atoms with van der Waals surface area (Å²) in [6.07, 6.45) is 6.82. The average molecular weight is 281 g/mol. The van der Waals surface area contributed by atoms with E-state index in [0.717, 1.165) is 58.0 Å². The molecule has 2 rings (SSSR count). The second-order valence-corrected chi connectivity index (χ2v) is 6.42. The molecule has 114 valence electrons. The van der Waals surface area contributed by atoms with Gasteiger partial charge in [0.15, 0.2) is 0 Å². The third-order valence-electron chi connectivity index (χ3n) is 4.89. The van der Waals surface area contributed by atoms with Gasteiger partial charge in [-0.15, -0.1) is 0 Å². The molecule has 1 saturated heterocycles. The van der Waals surface area contributed by atoms with Gasteiger partial charge >= 0.3 is 0 Å². The van der Waals surface area contributed by atoms with Crippen molar-refractivity contribution in [3.05, 3.63) is 0 Å². The first-order valence-corrected chi connectivity index (χ1v) is 7.86. The van der Waals surface area contributed by atoms with Gasteiger partial charge in [0.2, 0.25) is 11.8 Å². The van der Waals surface area contributed by atoms with Crippen LogP contribution in [0.25, 0.3) is 0 Å². The van der Waals surface area contributed by atoms with Crippen LogP contribution in [-0.2, 0) is 9.59 Å². The van der Waals surface area contributed by atoms with Crippen LogP contribution in [0.5, 0.6) is 0 Å². The lowest BCUT2D eigenvalue weighted by Gasteiger charge is -2.36. The highest BCUT2D eigenvalue weighted by molar-refractivity contribution is 5.86. The van der Waals surface area contributed by atoms with Crippen molar-refractivity contribution in [2.24, 2.45) is 11.7 Å². The fraction of sp³-hybridized carbons (Fsp3) is 0.867. The van der Waals surface area contributed by atoms with Crippen LogP contribution >= 0.6 is 0 Å². The number of nitrogens with two attached hydrogens (primary N) is 1. The van der Waals surface area contributed by atoms with E-state index in [1.54, 1.807) is 0 Å². The molecular weight excluding hydrogens is 254 g/mol. The summed E-state index contributed by atoms with van der Waals surface area (Å²) < 4.78 is 0. The fourth-order valence-corrected chi connectivity index (χ4v) is 3.28. The van der Waals surface area contributed by atoms with Gasteiger partial charge in [-0.2, -0.15) is 0 Å². The Kier molecular flexibility index (Phi) is 5.02. The monoisotopic (exact) mass is 281 g/mol. The topological polar surface area (TPSA) is 75.4 Å². The Labute approximate surface area is 121 Å². The van der Waals surface area contributed by atoms with Crippen molar-refractivity contribution >= 4 is 11.8 Å². The van der Waals surface area contributed by atoms with E-state index >= 15 is 0 Å². The summed E-state index contributed by atoms with van der Waals surface area (Å²) >= 11 is 0. The highest BCUT2D eigenvalue weighted by Crippen LogP contribution is 2.28. The first-order chi connectivity index (χ1) is 9.53. The SMILES string of the molecule is CC1CCN(C(=O)CNC2(C(N)=O)CCCCC2)CC1. The number of rotatable bonds is 4. The lowest BCUT2D eigenvalue weighted by Crippen LogP contribution is -2.59. The first kappa shape index (κ1) is 15.3. The van der Waals surface area contributed by atoms with Crippen LogP contribution in [0.2, 0.25) is 0 Å².